The summed E-state index contributed by atoms with van der Waals surface area (Å²) in [6.07, 6.45) is 3.18. The lowest BCUT2D eigenvalue weighted by molar-refractivity contribution is 0.519. The lowest BCUT2D eigenvalue weighted by atomic mass is 10.2. The zero-order valence-electron chi connectivity index (χ0n) is 11.8. The highest BCUT2D eigenvalue weighted by Gasteiger charge is 2.13. The van der Waals surface area contributed by atoms with Crippen LogP contribution in [0, 0.1) is 6.92 Å². The van der Waals surface area contributed by atoms with Gasteiger partial charge in [-0.2, -0.15) is 0 Å². The molecule has 1 atom stereocenters. The van der Waals surface area contributed by atoms with Gasteiger partial charge in [-0.3, -0.25) is 0 Å². The smallest absolute Gasteiger partial charge is 0.137 e. The highest BCUT2D eigenvalue weighted by molar-refractivity contribution is 7.10. The highest BCUT2D eigenvalue weighted by Crippen LogP contribution is 2.22. The van der Waals surface area contributed by atoms with Crippen molar-refractivity contribution in [2.24, 2.45) is 0 Å². The summed E-state index contributed by atoms with van der Waals surface area (Å²) in [6.45, 7) is 5.14. The number of imidazole rings is 1. The molecule has 3 heterocycles. The van der Waals surface area contributed by atoms with Crippen LogP contribution in [0.1, 0.15) is 35.7 Å². The van der Waals surface area contributed by atoms with Gasteiger partial charge in [0, 0.05) is 23.7 Å². The third kappa shape index (κ3) is 2.49. The molecule has 0 aliphatic heterocycles. The molecule has 0 bridgehead atoms. The molecule has 0 saturated carbocycles. The Kier molecular flexibility index (Phi) is 3.85. The lowest BCUT2D eigenvalue weighted by Crippen LogP contribution is -2.20. The Hall–Kier alpha value is -1.65. The minimum atomic E-state index is 0.420. The van der Waals surface area contributed by atoms with Crippen molar-refractivity contribution < 1.29 is 0 Å². The largest absolute Gasteiger partial charge is 0.304 e. The SMILES string of the molecule is CCC(NCc1c(C)nc2ccccn12)c1cccs1. The number of hydrogen-bond acceptors (Lipinski definition) is 3. The number of hydrogen-bond donors (Lipinski definition) is 1. The maximum atomic E-state index is 4.61. The van der Waals surface area contributed by atoms with Gasteiger partial charge in [0.1, 0.15) is 5.65 Å². The van der Waals surface area contributed by atoms with Crippen molar-refractivity contribution in [3.63, 3.8) is 0 Å². The molecule has 0 amide bonds. The van der Waals surface area contributed by atoms with E-state index in [1.807, 2.05) is 29.5 Å². The number of nitrogens with one attached hydrogen (secondary N) is 1. The van der Waals surface area contributed by atoms with E-state index in [1.54, 1.807) is 0 Å². The summed E-state index contributed by atoms with van der Waals surface area (Å²) < 4.78 is 2.17. The van der Waals surface area contributed by atoms with Crippen LogP contribution in [0.2, 0.25) is 0 Å². The Balaban J connectivity index is 1.81. The van der Waals surface area contributed by atoms with Gasteiger partial charge in [0.25, 0.3) is 0 Å². The lowest BCUT2D eigenvalue weighted by Gasteiger charge is -2.15. The van der Waals surface area contributed by atoms with Gasteiger partial charge in [-0.05, 0) is 36.9 Å². The van der Waals surface area contributed by atoms with Crippen molar-refractivity contribution >= 4 is 17.0 Å². The quantitative estimate of drug-likeness (QED) is 0.769. The van der Waals surface area contributed by atoms with E-state index in [0.29, 0.717) is 6.04 Å². The van der Waals surface area contributed by atoms with Crippen LogP contribution in [0.25, 0.3) is 5.65 Å². The monoisotopic (exact) mass is 285 g/mol. The normalized spacial score (nSPS) is 12.9. The Bertz CT molecular complexity index is 685. The predicted molar refractivity (Wildman–Crippen MR) is 84.1 cm³/mol. The summed E-state index contributed by atoms with van der Waals surface area (Å²) in [5, 5.41) is 5.79. The Morgan fingerprint density at radius 2 is 2.20 bits per heavy atom. The first-order chi connectivity index (χ1) is 9.79. The van der Waals surface area contributed by atoms with Gasteiger partial charge in [0.15, 0.2) is 0 Å². The van der Waals surface area contributed by atoms with E-state index in [2.05, 4.69) is 52.3 Å². The highest BCUT2D eigenvalue weighted by atomic mass is 32.1. The van der Waals surface area contributed by atoms with E-state index in [1.165, 1.54) is 10.6 Å². The molecule has 4 heteroatoms. The molecule has 1 unspecified atom stereocenters. The molecule has 1 N–H and O–H groups in total. The van der Waals surface area contributed by atoms with Gasteiger partial charge in [0.2, 0.25) is 0 Å². The van der Waals surface area contributed by atoms with E-state index in [4.69, 9.17) is 0 Å². The summed E-state index contributed by atoms with van der Waals surface area (Å²) in [7, 11) is 0. The molecule has 0 aliphatic rings. The Labute approximate surface area is 123 Å². The summed E-state index contributed by atoms with van der Waals surface area (Å²) in [4.78, 5) is 6.01. The average molecular weight is 285 g/mol. The maximum Gasteiger partial charge on any atom is 0.137 e. The molecule has 3 rings (SSSR count). The molecule has 0 saturated heterocycles. The van der Waals surface area contributed by atoms with Crippen LogP contribution in [-0.2, 0) is 6.54 Å². The van der Waals surface area contributed by atoms with Crippen molar-refractivity contribution in [2.75, 3.05) is 0 Å². The Morgan fingerprint density at radius 3 is 2.95 bits per heavy atom. The summed E-state index contributed by atoms with van der Waals surface area (Å²) in [5.74, 6) is 0. The third-order valence-corrected chi connectivity index (χ3v) is 4.63. The number of aryl methyl sites for hydroxylation is 1. The van der Waals surface area contributed by atoms with Crippen LogP contribution < -0.4 is 5.32 Å². The second kappa shape index (κ2) is 5.77. The topological polar surface area (TPSA) is 29.3 Å². The molecule has 0 spiro atoms. The molecule has 0 aliphatic carbocycles. The fourth-order valence-corrected chi connectivity index (χ4v) is 3.42. The molecule has 104 valence electrons. The van der Waals surface area contributed by atoms with Crippen LogP contribution in [0.4, 0.5) is 0 Å². The van der Waals surface area contributed by atoms with E-state index in [0.717, 1.165) is 24.3 Å². The van der Waals surface area contributed by atoms with Crippen molar-refractivity contribution in [1.82, 2.24) is 14.7 Å². The number of fused-ring (bicyclic) bond motifs is 1. The van der Waals surface area contributed by atoms with E-state index in [-0.39, 0.29) is 0 Å². The molecule has 20 heavy (non-hydrogen) atoms. The fraction of sp³-hybridized carbons (Fsp3) is 0.312. The van der Waals surface area contributed by atoms with Crippen LogP contribution in [0.15, 0.2) is 41.9 Å². The van der Waals surface area contributed by atoms with Crippen LogP contribution in [0.5, 0.6) is 0 Å². The summed E-state index contributed by atoms with van der Waals surface area (Å²) in [5.41, 5.74) is 3.37. The molecule has 0 aromatic carbocycles. The van der Waals surface area contributed by atoms with Crippen molar-refractivity contribution in [1.29, 1.82) is 0 Å². The minimum Gasteiger partial charge on any atom is -0.304 e. The molecular weight excluding hydrogens is 266 g/mol. The second-order valence-corrected chi connectivity index (χ2v) is 5.91. The summed E-state index contributed by atoms with van der Waals surface area (Å²) in [6, 6.07) is 10.9. The number of rotatable bonds is 5. The molecule has 0 fully saturated rings. The predicted octanol–water partition coefficient (Wildman–Crippen LogP) is 3.95. The van der Waals surface area contributed by atoms with Gasteiger partial charge >= 0.3 is 0 Å². The molecule has 3 aromatic rings. The first kappa shape index (κ1) is 13.3. The van der Waals surface area contributed by atoms with Gasteiger partial charge in [0.05, 0.1) is 11.4 Å². The zero-order valence-corrected chi connectivity index (χ0v) is 12.7. The van der Waals surface area contributed by atoms with Crippen molar-refractivity contribution in [3.05, 3.63) is 58.2 Å². The van der Waals surface area contributed by atoms with Gasteiger partial charge in [-0.15, -0.1) is 11.3 Å². The van der Waals surface area contributed by atoms with Crippen LogP contribution >= 0.6 is 11.3 Å². The fourth-order valence-electron chi connectivity index (χ4n) is 2.53. The van der Waals surface area contributed by atoms with Crippen molar-refractivity contribution in [3.8, 4) is 0 Å². The molecule has 3 aromatic heterocycles. The second-order valence-electron chi connectivity index (χ2n) is 4.93. The van der Waals surface area contributed by atoms with Gasteiger partial charge in [-0.1, -0.05) is 19.1 Å². The number of thiophene rings is 1. The average Bonchev–Trinajstić information content (AvgIpc) is 3.08. The van der Waals surface area contributed by atoms with E-state index >= 15 is 0 Å². The van der Waals surface area contributed by atoms with Gasteiger partial charge < -0.3 is 9.72 Å². The maximum absolute atomic E-state index is 4.61. The molecule has 0 radical (unpaired) electrons. The molecular formula is C16H19N3S. The van der Waals surface area contributed by atoms with Gasteiger partial charge in [-0.25, -0.2) is 4.98 Å². The standard InChI is InChI=1S/C16H19N3S/c1-3-13(15-7-6-10-20-15)17-11-14-12(2)18-16-8-4-5-9-19(14)16/h4-10,13,17H,3,11H2,1-2H3. The number of aromatic nitrogens is 2. The van der Waals surface area contributed by atoms with E-state index < -0.39 is 0 Å². The first-order valence-electron chi connectivity index (χ1n) is 6.99. The number of pyridine rings is 1. The van der Waals surface area contributed by atoms with Crippen molar-refractivity contribution in [2.45, 2.75) is 32.9 Å². The first-order valence-corrected chi connectivity index (χ1v) is 7.87. The van der Waals surface area contributed by atoms with Crippen LogP contribution in [-0.4, -0.2) is 9.38 Å². The minimum absolute atomic E-state index is 0.420. The zero-order chi connectivity index (χ0) is 13.9. The van der Waals surface area contributed by atoms with E-state index in [9.17, 15) is 0 Å². The Morgan fingerprint density at radius 1 is 1.30 bits per heavy atom. The third-order valence-electron chi connectivity index (χ3n) is 3.64. The number of nitrogens with zero attached hydrogens (tertiary/aromatic N) is 2. The molecule has 3 nitrogen and oxygen atoms in total. The summed E-state index contributed by atoms with van der Waals surface area (Å²) >= 11 is 1.82. The van der Waals surface area contributed by atoms with Crippen LogP contribution in [0.3, 0.4) is 0 Å².